The molecule has 0 aliphatic heterocycles. The van der Waals surface area contributed by atoms with E-state index in [1.54, 1.807) is 31.7 Å². The molecule has 2 rings (SSSR count). The molecule has 0 aliphatic rings. The van der Waals surface area contributed by atoms with Gasteiger partial charge >= 0.3 is 0 Å². The van der Waals surface area contributed by atoms with Crippen LogP contribution in [0.2, 0.25) is 0 Å². The Hall–Kier alpha value is -1.89. The Balaban J connectivity index is 2.24. The van der Waals surface area contributed by atoms with E-state index < -0.39 is 0 Å². The van der Waals surface area contributed by atoms with Gasteiger partial charge < -0.3 is 11.1 Å². The number of nitrogens with two attached hydrogens (primary N) is 1. The van der Waals surface area contributed by atoms with Crippen molar-refractivity contribution in [1.29, 1.82) is 0 Å². The molecule has 0 aromatic carbocycles. The first-order chi connectivity index (χ1) is 7.78. The van der Waals surface area contributed by atoms with Crippen molar-refractivity contribution in [2.75, 3.05) is 18.1 Å². The fourth-order valence-corrected chi connectivity index (χ4v) is 1.82. The van der Waals surface area contributed by atoms with E-state index in [1.807, 2.05) is 0 Å². The molecule has 0 aliphatic carbocycles. The molecule has 16 heavy (non-hydrogen) atoms. The van der Waals surface area contributed by atoms with E-state index in [9.17, 15) is 0 Å². The fourth-order valence-electron chi connectivity index (χ4n) is 1.07. The van der Waals surface area contributed by atoms with Gasteiger partial charge in [0.2, 0.25) is 5.95 Å². The molecule has 2 aromatic rings. The maximum absolute atomic E-state index is 5.58. The highest BCUT2D eigenvalue weighted by Gasteiger charge is 2.04. The number of rotatable bonds is 3. The molecule has 0 atom stereocenters. The maximum atomic E-state index is 5.58. The van der Waals surface area contributed by atoms with Crippen molar-refractivity contribution in [1.82, 2.24) is 19.9 Å². The van der Waals surface area contributed by atoms with Crippen molar-refractivity contribution in [3.05, 3.63) is 24.7 Å². The largest absolute Gasteiger partial charge is 0.373 e. The molecule has 0 unspecified atom stereocenters. The van der Waals surface area contributed by atoms with Crippen LogP contribution >= 0.6 is 11.8 Å². The Morgan fingerprint density at radius 3 is 2.81 bits per heavy atom. The molecule has 6 nitrogen and oxygen atoms in total. The van der Waals surface area contributed by atoms with Crippen molar-refractivity contribution in [3.63, 3.8) is 0 Å². The lowest BCUT2D eigenvalue weighted by Gasteiger charge is -2.03. The molecule has 2 aromatic heterocycles. The Morgan fingerprint density at radius 1 is 1.25 bits per heavy atom. The van der Waals surface area contributed by atoms with Crippen molar-refractivity contribution in [3.8, 4) is 0 Å². The highest BCUT2D eigenvalue weighted by atomic mass is 32.2. The summed E-state index contributed by atoms with van der Waals surface area (Å²) in [6, 6.07) is 1.80. The minimum absolute atomic E-state index is 0.234. The molecule has 0 saturated heterocycles. The molecule has 3 N–H and O–H groups in total. The first-order valence-electron chi connectivity index (χ1n) is 4.54. The molecule has 7 heteroatoms. The van der Waals surface area contributed by atoms with Crippen LogP contribution in [0.5, 0.6) is 0 Å². The highest BCUT2D eigenvalue weighted by Crippen LogP contribution is 2.25. The summed E-state index contributed by atoms with van der Waals surface area (Å²) >= 11 is 1.39. The van der Waals surface area contributed by atoms with E-state index >= 15 is 0 Å². The normalized spacial score (nSPS) is 10.1. The van der Waals surface area contributed by atoms with Crippen LogP contribution in [0.25, 0.3) is 0 Å². The van der Waals surface area contributed by atoms with Gasteiger partial charge in [0, 0.05) is 25.5 Å². The molecule has 0 fully saturated rings. The topological polar surface area (TPSA) is 89.6 Å². The molecule has 82 valence electrons. The summed E-state index contributed by atoms with van der Waals surface area (Å²) < 4.78 is 0. The van der Waals surface area contributed by atoms with E-state index in [-0.39, 0.29) is 5.95 Å². The molecule has 0 saturated carbocycles. The minimum Gasteiger partial charge on any atom is -0.373 e. The summed E-state index contributed by atoms with van der Waals surface area (Å²) in [6.45, 7) is 0. The zero-order chi connectivity index (χ0) is 11.4. The molecule has 0 bridgehead atoms. The molecular formula is C9H10N6S. The van der Waals surface area contributed by atoms with Crippen LogP contribution in [0, 0.1) is 0 Å². The SMILES string of the molecule is CNc1cc(Sc2cnccn2)nc(N)n1. The molecule has 0 amide bonds. The van der Waals surface area contributed by atoms with Crippen LogP contribution in [0.4, 0.5) is 11.8 Å². The summed E-state index contributed by atoms with van der Waals surface area (Å²) in [7, 11) is 1.78. The number of nitrogen functional groups attached to an aromatic ring is 1. The monoisotopic (exact) mass is 234 g/mol. The third-order valence-corrected chi connectivity index (χ3v) is 2.56. The lowest BCUT2D eigenvalue weighted by molar-refractivity contribution is 1.03. The average Bonchev–Trinajstić information content (AvgIpc) is 2.29. The van der Waals surface area contributed by atoms with E-state index in [2.05, 4.69) is 25.3 Å². The Morgan fingerprint density at radius 2 is 2.12 bits per heavy atom. The van der Waals surface area contributed by atoms with Gasteiger partial charge in [-0.25, -0.2) is 9.97 Å². The predicted octanol–water partition coefficient (Wildman–Crippen LogP) is 1.04. The third kappa shape index (κ3) is 2.57. The van der Waals surface area contributed by atoms with Gasteiger partial charge in [0.05, 0.1) is 6.20 Å². The average molecular weight is 234 g/mol. The van der Waals surface area contributed by atoms with Crippen LogP contribution in [0.15, 0.2) is 34.7 Å². The maximum Gasteiger partial charge on any atom is 0.223 e. The van der Waals surface area contributed by atoms with Crippen molar-refractivity contribution < 1.29 is 0 Å². The van der Waals surface area contributed by atoms with Crippen LogP contribution in [0.1, 0.15) is 0 Å². The summed E-state index contributed by atoms with van der Waals surface area (Å²) in [5.74, 6) is 0.914. The first kappa shape index (κ1) is 10.6. The van der Waals surface area contributed by atoms with E-state index in [0.29, 0.717) is 5.82 Å². The number of nitrogens with zero attached hydrogens (tertiary/aromatic N) is 4. The van der Waals surface area contributed by atoms with E-state index in [1.165, 1.54) is 11.8 Å². The number of hydrogen-bond acceptors (Lipinski definition) is 7. The first-order valence-corrected chi connectivity index (χ1v) is 5.36. The van der Waals surface area contributed by atoms with Crippen molar-refractivity contribution >= 4 is 23.5 Å². The summed E-state index contributed by atoms with van der Waals surface area (Å²) in [5, 5.41) is 4.41. The number of hydrogen-bond donors (Lipinski definition) is 2. The summed E-state index contributed by atoms with van der Waals surface area (Å²) in [4.78, 5) is 16.2. The lowest BCUT2D eigenvalue weighted by Crippen LogP contribution is -2.00. The molecular weight excluding hydrogens is 224 g/mol. The van der Waals surface area contributed by atoms with Gasteiger partial charge in [-0.15, -0.1) is 0 Å². The van der Waals surface area contributed by atoms with Gasteiger partial charge in [-0.1, -0.05) is 0 Å². The Bertz CT molecular complexity index is 475. The van der Waals surface area contributed by atoms with Gasteiger partial charge in [0.1, 0.15) is 15.9 Å². The van der Waals surface area contributed by atoms with E-state index in [4.69, 9.17) is 5.73 Å². The summed E-state index contributed by atoms with van der Waals surface area (Å²) in [5.41, 5.74) is 5.58. The second kappa shape index (κ2) is 4.75. The molecule has 0 spiro atoms. The van der Waals surface area contributed by atoms with Crippen LogP contribution in [-0.4, -0.2) is 27.0 Å². The summed E-state index contributed by atoms with van der Waals surface area (Å²) in [6.07, 6.45) is 4.92. The highest BCUT2D eigenvalue weighted by molar-refractivity contribution is 7.99. The van der Waals surface area contributed by atoms with Gasteiger partial charge in [0.15, 0.2) is 0 Å². The van der Waals surface area contributed by atoms with Gasteiger partial charge in [-0.3, -0.25) is 4.98 Å². The quantitative estimate of drug-likeness (QED) is 0.767. The minimum atomic E-state index is 0.234. The molecule has 2 heterocycles. The second-order valence-electron chi connectivity index (χ2n) is 2.85. The standard InChI is InChI=1S/C9H10N6S/c1-11-6-4-7(15-9(10)14-6)16-8-5-12-2-3-13-8/h2-5H,1H3,(H3,10,11,14,15). The van der Waals surface area contributed by atoms with Gasteiger partial charge in [-0.2, -0.15) is 4.98 Å². The zero-order valence-corrected chi connectivity index (χ0v) is 9.40. The van der Waals surface area contributed by atoms with Gasteiger partial charge in [-0.05, 0) is 11.8 Å². The molecule has 0 radical (unpaired) electrons. The van der Waals surface area contributed by atoms with E-state index in [0.717, 1.165) is 10.1 Å². The smallest absolute Gasteiger partial charge is 0.223 e. The number of anilines is 2. The number of aromatic nitrogens is 4. The van der Waals surface area contributed by atoms with Crippen LogP contribution in [-0.2, 0) is 0 Å². The van der Waals surface area contributed by atoms with Crippen LogP contribution in [0.3, 0.4) is 0 Å². The predicted molar refractivity (Wildman–Crippen MR) is 62.1 cm³/mol. The Labute approximate surface area is 96.7 Å². The third-order valence-electron chi connectivity index (χ3n) is 1.72. The van der Waals surface area contributed by atoms with Gasteiger partial charge in [0.25, 0.3) is 0 Å². The second-order valence-corrected chi connectivity index (χ2v) is 3.89. The number of nitrogens with one attached hydrogen (secondary N) is 1. The zero-order valence-electron chi connectivity index (χ0n) is 8.58. The fraction of sp³-hybridized carbons (Fsp3) is 0.111. The van der Waals surface area contributed by atoms with Crippen molar-refractivity contribution in [2.24, 2.45) is 0 Å². The lowest BCUT2D eigenvalue weighted by atomic mass is 10.6. The van der Waals surface area contributed by atoms with Crippen LogP contribution < -0.4 is 11.1 Å². The van der Waals surface area contributed by atoms with Crippen molar-refractivity contribution in [2.45, 2.75) is 10.1 Å². The Kier molecular flexibility index (Phi) is 3.16.